The number of carbonyl (C=O) groups is 1. The summed E-state index contributed by atoms with van der Waals surface area (Å²) in [5, 5.41) is 0. The predicted octanol–water partition coefficient (Wildman–Crippen LogP) is 3.86. The van der Waals surface area contributed by atoms with Crippen molar-refractivity contribution in [2.45, 2.75) is 46.0 Å². The van der Waals surface area contributed by atoms with Gasteiger partial charge in [0, 0.05) is 13.0 Å². The number of hydrogen-bond donors (Lipinski definition) is 0. The zero-order valence-electron chi connectivity index (χ0n) is 13.0. The van der Waals surface area contributed by atoms with Crippen molar-refractivity contribution in [1.29, 1.82) is 0 Å². The second-order valence-electron chi connectivity index (χ2n) is 6.16. The maximum atomic E-state index is 12.4. The molecule has 1 heterocycles. The lowest BCUT2D eigenvalue weighted by Gasteiger charge is -2.17. The van der Waals surface area contributed by atoms with Gasteiger partial charge in [0.15, 0.2) is 4.80 Å². The SMILES string of the molecule is Cc1cc(C)c2c(c1)sc(=NC(=O)C1CCCCC1)n2C. The Bertz CT molecular complexity index is 748. The van der Waals surface area contributed by atoms with Gasteiger partial charge in [-0.1, -0.05) is 36.7 Å². The van der Waals surface area contributed by atoms with E-state index < -0.39 is 0 Å². The van der Waals surface area contributed by atoms with Gasteiger partial charge in [0.25, 0.3) is 5.91 Å². The van der Waals surface area contributed by atoms with Crippen LogP contribution >= 0.6 is 11.3 Å². The molecule has 0 unspecified atom stereocenters. The number of carbonyl (C=O) groups excluding carboxylic acids is 1. The smallest absolute Gasteiger partial charge is 0.251 e. The summed E-state index contributed by atoms with van der Waals surface area (Å²) in [6.07, 6.45) is 5.62. The number of nitrogens with zero attached hydrogens (tertiary/aromatic N) is 2. The number of hydrogen-bond acceptors (Lipinski definition) is 2. The van der Waals surface area contributed by atoms with Crippen molar-refractivity contribution in [2.24, 2.45) is 18.0 Å². The molecule has 112 valence electrons. The summed E-state index contributed by atoms with van der Waals surface area (Å²) in [5.74, 6) is 0.220. The van der Waals surface area contributed by atoms with Crippen LogP contribution < -0.4 is 4.80 Å². The molecular weight excluding hydrogens is 280 g/mol. The molecule has 1 fully saturated rings. The Morgan fingerprint density at radius 3 is 2.67 bits per heavy atom. The molecule has 4 heteroatoms. The highest BCUT2D eigenvalue weighted by Gasteiger charge is 2.20. The molecule has 1 saturated carbocycles. The van der Waals surface area contributed by atoms with Crippen LogP contribution in [-0.4, -0.2) is 10.5 Å². The van der Waals surface area contributed by atoms with Crippen LogP contribution in [-0.2, 0) is 11.8 Å². The number of thiazole rings is 1. The van der Waals surface area contributed by atoms with Crippen molar-refractivity contribution in [3.8, 4) is 0 Å². The van der Waals surface area contributed by atoms with Crippen LogP contribution in [0.25, 0.3) is 10.2 Å². The fourth-order valence-corrected chi connectivity index (χ4v) is 4.52. The van der Waals surface area contributed by atoms with E-state index in [0.29, 0.717) is 0 Å². The molecule has 2 aromatic rings. The molecule has 1 aliphatic rings. The summed E-state index contributed by atoms with van der Waals surface area (Å²) in [7, 11) is 2.01. The number of aromatic nitrogens is 1. The summed E-state index contributed by atoms with van der Waals surface area (Å²) >= 11 is 1.62. The Labute approximate surface area is 129 Å². The Kier molecular flexibility index (Phi) is 3.98. The highest BCUT2D eigenvalue weighted by molar-refractivity contribution is 7.16. The van der Waals surface area contributed by atoms with Crippen molar-refractivity contribution >= 4 is 27.5 Å². The van der Waals surface area contributed by atoms with Gasteiger partial charge in [0.2, 0.25) is 0 Å². The largest absolute Gasteiger partial charge is 0.319 e. The average molecular weight is 302 g/mol. The predicted molar refractivity (Wildman–Crippen MR) is 87.4 cm³/mol. The molecule has 0 N–H and O–H groups in total. The van der Waals surface area contributed by atoms with Crippen molar-refractivity contribution in [3.05, 3.63) is 28.1 Å². The normalized spacial score (nSPS) is 17.6. The summed E-state index contributed by atoms with van der Waals surface area (Å²) < 4.78 is 3.28. The second kappa shape index (κ2) is 5.76. The molecule has 0 atom stereocenters. The van der Waals surface area contributed by atoms with Gasteiger partial charge >= 0.3 is 0 Å². The first-order chi connectivity index (χ1) is 10.1. The van der Waals surface area contributed by atoms with Crippen molar-refractivity contribution in [1.82, 2.24) is 4.57 Å². The minimum atomic E-state index is 0.0752. The van der Waals surface area contributed by atoms with Crippen LogP contribution in [0.5, 0.6) is 0 Å². The fraction of sp³-hybridized carbons (Fsp3) is 0.529. The quantitative estimate of drug-likeness (QED) is 0.787. The van der Waals surface area contributed by atoms with Crippen LogP contribution in [0.4, 0.5) is 0 Å². The standard InChI is InChI=1S/C17H22N2OS/c1-11-9-12(2)15-14(10-11)21-17(19(15)3)18-16(20)13-7-5-4-6-8-13/h9-10,13H,4-8H2,1-3H3. The maximum Gasteiger partial charge on any atom is 0.251 e. The zero-order valence-corrected chi connectivity index (χ0v) is 13.8. The van der Waals surface area contributed by atoms with Gasteiger partial charge in [0.05, 0.1) is 10.2 Å². The average Bonchev–Trinajstić information content (AvgIpc) is 2.76. The van der Waals surface area contributed by atoms with Crippen LogP contribution in [0.15, 0.2) is 17.1 Å². The van der Waals surface area contributed by atoms with E-state index in [1.807, 2.05) is 7.05 Å². The first kappa shape index (κ1) is 14.5. The lowest BCUT2D eigenvalue weighted by Crippen LogP contribution is -2.20. The lowest BCUT2D eigenvalue weighted by atomic mass is 9.89. The lowest BCUT2D eigenvalue weighted by molar-refractivity contribution is -0.122. The molecular formula is C17H22N2OS. The third-order valence-corrected chi connectivity index (χ3v) is 5.47. The first-order valence-corrected chi connectivity index (χ1v) is 8.53. The van der Waals surface area contributed by atoms with Gasteiger partial charge in [-0.3, -0.25) is 4.79 Å². The Morgan fingerprint density at radius 1 is 1.24 bits per heavy atom. The summed E-state index contributed by atoms with van der Waals surface area (Å²) in [4.78, 5) is 17.6. The molecule has 0 radical (unpaired) electrons. The van der Waals surface area contributed by atoms with Gasteiger partial charge in [0.1, 0.15) is 0 Å². The van der Waals surface area contributed by atoms with E-state index in [2.05, 4.69) is 35.5 Å². The highest BCUT2D eigenvalue weighted by atomic mass is 32.1. The van der Waals surface area contributed by atoms with Crippen LogP contribution in [0.3, 0.4) is 0 Å². The molecule has 1 aromatic heterocycles. The first-order valence-electron chi connectivity index (χ1n) is 7.71. The maximum absolute atomic E-state index is 12.4. The van der Waals surface area contributed by atoms with Crippen molar-refractivity contribution < 1.29 is 4.79 Å². The van der Waals surface area contributed by atoms with E-state index in [1.54, 1.807) is 11.3 Å². The van der Waals surface area contributed by atoms with E-state index >= 15 is 0 Å². The molecule has 3 nitrogen and oxygen atoms in total. The van der Waals surface area contributed by atoms with E-state index in [-0.39, 0.29) is 11.8 Å². The summed E-state index contributed by atoms with van der Waals surface area (Å²) in [6, 6.07) is 4.36. The fourth-order valence-electron chi connectivity index (χ4n) is 3.32. The molecule has 1 amide bonds. The van der Waals surface area contributed by atoms with Crippen molar-refractivity contribution in [3.63, 3.8) is 0 Å². The van der Waals surface area contributed by atoms with Gasteiger partial charge in [-0.2, -0.15) is 4.99 Å². The van der Waals surface area contributed by atoms with Crippen LogP contribution in [0.1, 0.15) is 43.2 Å². The second-order valence-corrected chi connectivity index (χ2v) is 7.17. The molecule has 21 heavy (non-hydrogen) atoms. The minimum Gasteiger partial charge on any atom is -0.319 e. The molecule has 1 aliphatic carbocycles. The van der Waals surface area contributed by atoms with E-state index in [9.17, 15) is 4.79 Å². The number of fused-ring (bicyclic) bond motifs is 1. The molecule has 0 aliphatic heterocycles. The number of amides is 1. The van der Waals surface area contributed by atoms with Gasteiger partial charge in [-0.25, -0.2) is 0 Å². The zero-order chi connectivity index (χ0) is 15.0. The van der Waals surface area contributed by atoms with Crippen LogP contribution in [0.2, 0.25) is 0 Å². The number of benzene rings is 1. The van der Waals surface area contributed by atoms with Gasteiger partial charge < -0.3 is 4.57 Å². The monoisotopic (exact) mass is 302 g/mol. The number of aryl methyl sites for hydroxylation is 3. The van der Waals surface area contributed by atoms with Gasteiger partial charge in [-0.05, 0) is 43.9 Å². The Balaban J connectivity index is 2.03. The molecule has 1 aromatic carbocycles. The molecule has 0 saturated heterocycles. The Morgan fingerprint density at radius 2 is 1.95 bits per heavy atom. The van der Waals surface area contributed by atoms with Crippen LogP contribution in [0, 0.1) is 19.8 Å². The van der Waals surface area contributed by atoms with E-state index in [4.69, 9.17) is 0 Å². The minimum absolute atomic E-state index is 0.0752. The molecule has 0 spiro atoms. The Hall–Kier alpha value is -1.42. The highest BCUT2D eigenvalue weighted by Crippen LogP contribution is 2.25. The number of rotatable bonds is 1. The topological polar surface area (TPSA) is 34.4 Å². The third kappa shape index (κ3) is 2.82. The third-order valence-electron chi connectivity index (χ3n) is 4.39. The molecule has 0 bridgehead atoms. The summed E-state index contributed by atoms with van der Waals surface area (Å²) in [6.45, 7) is 4.23. The van der Waals surface area contributed by atoms with E-state index in [0.717, 1.165) is 17.6 Å². The molecule has 3 rings (SSSR count). The summed E-state index contributed by atoms with van der Waals surface area (Å²) in [5.41, 5.74) is 3.70. The van der Waals surface area contributed by atoms with Crippen molar-refractivity contribution in [2.75, 3.05) is 0 Å². The van der Waals surface area contributed by atoms with Gasteiger partial charge in [-0.15, -0.1) is 0 Å². The van der Waals surface area contributed by atoms with E-state index in [1.165, 1.54) is 40.6 Å².